The lowest BCUT2D eigenvalue weighted by molar-refractivity contribution is -0.142. The Morgan fingerprint density at radius 3 is 3.00 bits per heavy atom. The van der Waals surface area contributed by atoms with Crippen LogP contribution in [0.25, 0.3) is 0 Å². The van der Waals surface area contributed by atoms with Gasteiger partial charge in [-0.3, -0.25) is 4.79 Å². The summed E-state index contributed by atoms with van der Waals surface area (Å²) in [6.07, 6.45) is 0.172. The fourth-order valence-electron chi connectivity index (χ4n) is 1.73. The lowest BCUT2D eigenvalue weighted by atomic mass is 10.2. The summed E-state index contributed by atoms with van der Waals surface area (Å²) in [7, 11) is 1.58. The number of hydrogen-bond acceptors (Lipinski definition) is 7. The van der Waals surface area contributed by atoms with Gasteiger partial charge in [-0.05, 0) is 19.1 Å². The molecule has 0 unspecified atom stereocenters. The number of thiazole rings is 1. The van der Waals surface area contributed by atoms with Gasteiger partial charge in [-0.1, -0.05) is 0 Å². The van der Waals surface area contributed by atoms with Gasteiger partial charge in [0.1, 0.15) is 5.75 Å². The first kappa shape index (κ1) is 15.1. The number of carbonyl (C=O) groups excluding carboxylic acids is 1. The van der Waals surface area contributed by atoms with Crippen molar-refractivity contribution in [3.63, 3.8) is 0 Å². The maximum atomic E-state index is 11.4. The number of rotatable bonds is 6. The van der Waals surface area contributed by atoms with Gasteiger partial charge in [-0.25, -0.2) is 4.98 Å². The molecule has 1 heterocycles. The number of nitrogens with zero attached hydrogens (tertiary/aromatic N) is 1. The summed E-state index contributed by atoms with van der Waals surface area (Å²) in [4.78, 5) is 15.8. The van der Waals surface area contributed by atoms with Crippen LogP contribution in [0.3, 0.4) is 0 Å². The van der Waals surface area contributed by atoms with Crippen LogP contribution in [-0.4, -0.2) is 24.7 Å². The first-order valence-corrected chi connectivity index (χ1v) is 7.31. The normalized spacial score (nSPS) is 10.2. The molecule has 3 N–H and O–H groups in total. The van der Waals surface area contributed by atoms with Crippen LogP contribution in [0.4, 0.5) is 16.5 Å². The summed E-state index contributed by atoms with van der Waals surface area (Å²) in [5, 5.41) is 5.65. The molecule has 0 spiro atoms. The summed E-state index contributed by atoms with van der Waals surface area (Å²) in [6, 6.07) is 5.33. The van der Waals surface area contributed by atoms with Crippen molar-refractivity contribution in [3.05, 3.63) is 29.3 Å². The first-order chi connectivity index (χ1) is 10.1. The summed E-state index contributed by atoms with van der Waals surface area (Å²) >= 11 is 1.41. The molecule has 2 rings (SSSR count). The van der Waals surface area contributed by atoms with Gasteiger partial charge < -0.3 is 20.5 Å². The van der Waals surface area contributed by atoms with E-state index in [-0.39, 0.29) is 12.4 Å². The monoisotopic (exact) mass is 307 g/mol. The molecule has 0 aliphatic rings. The highest BCUT2D eigenvalue weighted by Gasteiger charge is 2.10. The molecule has 0 radical (unpaired) electrons. The predicted octanol–water partition coefficient (Wildman–Crippen LogP) is 2.58. The van der Waals surface area contributed by atoms with E-state index in [1.807, 2.05) is 11.4 Å². The van der Waals surface area contributed by atoms with Crippen molar-refractivity contribution in [1.29, 1.82) is 0 Å². The van der Waals surface area contributed by atoms with Gasteiger partial charge in [-0.15, -0.1) is 11.3 Å². The second-order valence-corrected chi connectivity index (χ2v) is 5.07. The zero-order valence-electron chi connectivity index (χ0n) is 11.9. The van der Waals surface area contributed by atoms with Crippen LogP contribution < -0.4 is 15.8 Å². The van der Waals surface area contributed by atoms with Gasteiger partial charge >= 0.3 is 5.97 Å². The fourth-order valence-corrected chi connectivity index (χ4v) is 2.45. The van der Waals surface area contributed by atoms with Gasteiger partial charge in [-0.2, -0.15) is 0 Å². The molecule has 112 valence electrons. The standard InChI is InChI=1S/C14H17N3O3S/c1-3-20-13(18)7-10-8-21-14(16-10)17-11-5-4-9(15)6-12(11)19-2/h4-6,8H,3,7,15H2,1-2H3,(H,16,17). The number of carbonyl (C=O) groups is 1. The van der Waals surface area contributed by atoms with Crippen LogP contribution in [0, 0.1) is 0 Å². The van der Waals surface area contributed by atoms with Crippen molar-refractivity contribution in [3.8, 4) is 5.75 Å². The van der Waals surface area contributed by atoms with Crippen molar-refractivity contribution in [2.24, 2.45) is 0 Å². The third kappa shape index (κ3) is 4.09. The number of nitrogen functional groups attached to an aromatic ring is 1. The van der Waals surface area contributed by atoms with Gasteiger partial charge in [0, 0.05) is 17.1 Å². The van der Waals surface area contributed by atoms with E-state index in [0.29, 0.717) is 28.9 Å². The highest BCUT2D eigenvalue weighted by atomic mass is 32.1. The molecule has 2 aromatic rings. The average molecular weight is 307 g/mol. The zero-order valence-corrected chi connectivity index (χ0v) is 12.7. The molecule has 0 fully saturated rings. The Balaban J connectivity index is 2.07. The van der Waals surface area contributed by atoms with Gasteiger partial charge in [0.25, 0.3) is 0 Å². The molecule has 6 nitrogen and oxygen atoms in total. The smallest absolute Gasteiger partial charge is 0.311 e. The number of ether oxygens (including phenoxy) is 2. The topological polar surface area (TPSA) is 86.5 Å². The van der Waals surface area contributed by atoms with Crippen LogP contribution in [0.15, 0.2) is 23.6 Å². The number of methoxy groups -OCH3 is 1. The average Bonchev–Trinajstić information content (AvgIpc) is 2.88. The molecule has 7 heteroatoms. The second-order valence-electron chi connectivity index (χ2n) is 4.21. The fraction of sp³-hybridized carbons (Fsp3) is 0.286. The van der Waals surface area contributed by atoms with Crippen molar-refractivity contribution < 1.29 is 14.3 Å². The number of nitrogens with one attached hydrogen (secondary N) is 1. The first-order valence-electron chi connectivity index (χ1n) is 6.43. The lowest BCUT2D eigenvalue weighted by Gasteiger charge is -2.09. The van der Waals surface area contributed by atoms with Crippen LogP contribution in [-0.2, 0) is 16.0 Å². The molecule has 0 saturated heterocycles. The van der Waals surface area contributed by atoms with E-state index in [9.17, 15) is 4.79 Å². The molecule has 1 aromatic carbocycles. The number of anilines is 3. The maximum Gasteiger partial charge on any atom is 0.311 e. The lowest BCUT2D eigenvalue weighted by Crippen LogP contribution is -2.07. The predicted molar refractivity (Wildman–Crippen MR) is 83.1 cm³/mol. The molecule has 0 aliphatic carbocycles. The minimum absolute atomic E-state index is 0.172. The highest BCUT2D eigenvalue weighted by Crippen LogP contribution is 2.30. The van der Waals surface area contributed by atoms with Gasteiger partial charge in [0.05, 0.1) is 31.5 Å². The molecule has 0 atom stereocenters. The summed E-state index contributed by atoms with van der Waals surface area (Å²) < 4.78 is 10.2. The van der Waals surface area contributed by atoms with E-state index in [1.165, 1.54) is 11.3 Å². The van der Waals surface area contributed by atoms with E-state index in [2.05, 4.69) is 10.3 Å². The quantitative estimate of drug-likeness (QED) is 0.630. The Hall–Kier alpha value is -2.28. The van der Waals surface area contributed by atoms with Gasteiger partial charge in [0.2, 0.25) is 0 Å². The summed E-state index contributed by atoms with van der Waals surface area (Å²) in [5.41, 5.74) is 7.78. The van der Waals surface area contributed by atoms with Crippen LogP contribution in [0.1, 0.15) is 12.6 Å². The zero-order chi connectivity index (χ0) is 15.2. The summed E-state index contributed by atoms with van der Waals surface area (Å²) in [6.45, 7) is 2.15. The summed E-state index contributed by atoms with van der Waals surface area (Å²) in [5.74, 6) is 0.358. The Bertz CT molecular complexity index is 628. The highest BCUT2D eigenvalue weighted by molar-refractivity contribution is 7.13. The third-order valence-electron chi connectivity index (χ3n) is 2.65. The molecule has 1 aromatic heterocycles. The molecule has 0 amide bonds. The van der Waals surface area contributed by atoms with Crippen molar-refractivity contribution in [2.75, 3.05) is 24.8 Å². The Kier molecular flexibility index (Phi) is 4.99. The molecular formula is C14H17N3O3S. The maximum absolute atomic E-state index is 11.4. The van der Waals surface area contributed by atoms with Crippen LogP contribution in [0.2, 0.25) is 0 Å². The van der Waals surface area contributed by atoms with E-state index in [4.69, 9.17) is 15.2 Å². The minimum atomic E-state index is -0.278. The van der Waals surface area contributed by atoms with Crippen molar-refractivity contribution in [1.82, 2.24) is 4.98 Å². The Morgan fingerprint density at radius 1 is 1.48 bits per heavy atom. The number of benzene rings is 1. The van der Waals surface area contributed by atoms with E-state index < -0.39 is 0 Å². The third-order valence-corrected chi connectivity index (χ3v) is 3.46. The Labute approximate surface area is 126 Å². The number of aromatic nitrogens is 1. The van der Waals surface area contributed by atoms with E-state index >= 15 is 0 Å². The van der Waals surface area contributed by atoms with Crippen LogP contribution in [0.5, 0.6) is 5.75 Å². The van der Waals surface area contributed by atoms with Gasteiger partial charge in [0.15, 0.2) is 5.13 Å². The van der Waals surface area contributed by atoms with Crippen molar-refractivity contribution >= 4 is 33.8 Å². The number of hydrogen-bond donors (Lipinski definition) is 2. The molecular weight excluding hydrogens is 290 g/mol. The molecule has 0 bridgehead atoms. The van der Waals surface area contributed by atoms with Crippen LogP contribution >= 0.6 is 11.3 Å². The number of nitrogens with two attached hydrogens (primary N) is 1. The van der Waals surface area contributed by atoms with E-state index in [1.54, 1.807) is 26.2 Å². The Morgan fingerprint density at radius 2 is 2.29 bits per heavy atom. The molecule has 21 heavy (non-hydrogen) atoms. The van der Waals surface area contributed by atoms with Crippen molar-refractivity contribution in [2.45, 2.75) is 13.3 Å². The largest absolute Gasteiger partial charge is 0.494 e. The van der Waals surface area contributed by atoms with E-state index in [0.717, 1.165) is 5.69 Å². The second kappa shape index (κ2) is 6.94. The molecule has 0 saturated carbocycles. The minimum Gasteiger partial charge on any atom is -0.494 e. The number of esters is 1. The SMILES string of the molecule is CCOC(=O)Cc1csc(Nc2ccc(N)cc2OC)n1. The molecule has 0 aliphatic heterocycles.